The van der Waals surface area contributed by atoms with E-state index >= 15 is 0 Å². The van der Waals surface area contributed by atoms with Crippen molar-refractivity contribution in [3.05, 3.63) is 29.8 Å². The molecule has 4 unspecified atom stereocenters. The van der Waals surface area contributed by atoms with E-state index in [1.807, 2.05) is 0 Å². The molecule has 1 N–H and O–H groups in total. The van der Waals surface area contributed by atoms with Gasteiger partial charge in [-0.1, -0.05) is 25.1 Å². The van der Waals surface area contributed by atoms with Crippen LogP contribution in [0.1, 0.15) is 31.2 Å². The van der Waals surface area contributed by atoms with Crippen LogP contribution in [0, 0.1) is 0 Å². The Bertz CT molecular complexity index is 468. The number of hydrogen-bond donors (Lipinski definition) is 1. The maximum atomic E-state index is 5.81. The number of rotatable bonds is 4. The molecule has 1 fully saturated rings. The Labute approximate surface area is 136 Å². The van der Waals surface area contributed by atoms with E-state index in [9.17, 15) is 0 Å². The van der Waals surface area contributed by atoms with Crippen LogP contribution in [0.2, 0.25) is 0 Å². The summed E-state index contributed by atoms with van der Waals surface area (Å²) >= 11 is 4.29. The van der Waals surface area contributed by atoms with E-state index < -0.39 is 0 Å². The van der Waals surface area contributed by atoms with Gasteiger partial charge < -0.3 is 10.1 Å². The first-order valence-electron chi connectivity index (χ1n) is 7.92. The van der Waals surface area contributed by atoms with Gasteiger partial charge in [-0.3, -0.25) is 0 Å². The second-order valence-corrected chi connectivity index (χ2v) is 8.69. The Balaban J connectivity index is 1.72. The zero-order chi connectivity index (χ0) is 14.7. The molecule has 0 aliphatic carbocycles. The molecule has 2 aliphatic heterocycles. The molecule has 21 heavy (non-hydrogen) atoms. The molecule has 0 radical (unpaired) electrons. The van der Waals surface area contributed by atoms with Crippen LogP contribution < -0.4 is 10.1 Å². The van der Waals surface area contributed by atoms with Crippen LogP contribution in [0.4, 0.5) is 0 Å². The number of para-hydroxylation sites is 1. The first-order chi connectivity index (χ1) is 10.3. The molecule has 0 bridgehead atoms. The van der Waals surface area contributed by atoms with Gasteiger partial charge in [0.25, 0.3) is 0 Å². The van der Waals surface area contributed by atoms with Gasteiger partial charge >= 0.3 is 0 Å². The van der Waals surface area contributed by atoms with Crippen LogP contribution in [-0.2, 0) is 0 Å². The minimum Gasteiger partial charge on any atom is -0.493 e. The van der Waals surface area contributed by atoms with Crippen molar-refractivity contribution in [2.75, 3.05) is 25.2 Å². The lowest BCUT2D eigenvalue weighted by Gasteiger charge is -2.37. The smallest absolute Gasteiger partial charge is 0.122 e. The van der Waals surface area contributed by atoms with E-state index in [1.54, 1.807) is 0 Å². The average Bonchev–Trinajstić information content (AvgIpc) is 2.53. The number of nitrogens with one attached hydrogen (secondary N) is 1. The fourth-order valence-electron chi connectivity index (χ4n) is 3.48. The second-order valence-electron chi connectivity index (χ2n) is 5.91. The van der Waals surface area contributed by atoms with E-state index in [0.29, 0.717) is 12.0 Å². The lowest BCUT2D eigenvalue weighted by Crippen LogP contribution is -2.44. The summed E-state index contributed by atoms with van der Waals surface area (Å²) in [6.07, 6.45) is 2.37. The first-order valence-corrected chi connectivity index (χ1v) is 10.0. The fraction of sp³-hybridized carbons (Fsp3) is 0.647. The summed E-state index contributed by atoms with van der Waals surface area (Å²) in [5, 5.41) is 5.08. The van der Waals surface area contributed by atoms with Crippen LogP contribution in [0.5, 0.6) is 5.75 Å². The highest BCUT2D eigenvalue weighted by Crippen LogP contribution is 2.40. The van der Waals surface area contributed by atoms with Crippen LogP contribution >= 0.6 is 23.5 Å². The van der Waals surface area contributed by atoms with Crippen molar-refractivity contribution in [3.8, 4) is 5.75 Å². The lowest BCUT2D eigenvalue weighted by atomic mass is 9.86. The molecular formula is C17H25NOS2. The molecule has 1 aromatic carbocycles. The summed E-state index contributed by atoms with van der Waals surface area (Å²) in [6, 6.07) is 9.17. The van der Waals surface area contributed by atoms with Gasteiger partial charge in [-0.15, -0.1) is 0 Å². The molecule has 2 nitrogen and oxygen atoms in total. The van der Waals surface area contributed by atoms with Crippen molar-refractivity contribution >= 4 is 23.5 Å². The summed E-state index contributed by atoms with van der Waals surface area (Å²) < 4.78 is 5.81. The lowest BCUT2D eigenvalue weighted by molar-refractivity contribution is 0.255. The Morgan fingerprint density at radius 1 is 1.29 bits per heavy atom. The second kappa shape index (κ2) is 7.30. The van der Waals surface area contributed by atoms with Gasteiger partial charge in [0.05, 0.1) is 6.61 Å². The Hall–Kier alpha value is -0.320. The molecule has 0 aromatic heterocycles. The summed E-state index contributed by atoms with van der Waals surface area (Å²) in [5.74, 6) is 4.33. The van der Waals surface area contributed by atoms with E-state index in [2.05, 4.69) is 67.1 Å². The number of fused-ring (bicyclic) bond motifs is 1. The first kappa shape index (κ1) is 15.6. The number of ether oxygens (including phenoxy) is 1. The van der Waals surface area contributed by atoms with E-state index in [0.717, 1.165) is 29.3 Å². The van der Waals surface area contributed by atoms with Gasteiger partial charge in [0.2, 0.25) is 0 Å². The molecule has 4 heteroatoms. The van der Waals surface area contributed by atoms with Crippen molar-refractivity contribution in [2.24, 2.45) is 0 Å². The Morgan fingerprint density at radius 3 is 2.90 bits per heavy atom. The summed E-state index contributed by atoms with van der Waals surface area (Å²) in [6.45, 7) is 3.25. The van der Waals surface area contributed by atoms with Crippen LogP contribution in [0.15, 0.2) is 24.3 Å². The van der Waals surface area contributed by atoms with E-state index in [4.69, 9.17) is 4.74 Å². The van der Waals surface area contributed by atoms with E-state index in [1.165, 1.54) is 23.5 Å². The van der Waals surface area contributed by atoms with Crippen molar-refractivity contribution in [1.82, 2.24) is 5.32 Å². The van der Waals surface area contributed by atoms with Crippen molar-refractivity contribution in [2.45, 2.75) is 42.2 Å². The zero-order valence-corrected chi connectivity index (χ0v) is 14.5. The quantitative estimate of drug-likeness (QED) is 0.910. The largest absolute Gasteiger partial charge is 0.493 e. The number of hydrogen-bond acceptors (Lipinski definition) is 4. The van der Waals surface area contributed by atoms with Gasteiger partial charge in [0.15, 0.2) is 0 Å². The molecule has 4 atom stereocenters. The van der Waals surface area contributed by atoms with Crippen LogP contribution in [0.25, 0.3) is 0 Å². The molecule has 1 aromatic rings. The molecule has 2 aliphatic rings. The molecule has 0 saturated carbocycles. The zero-order valence-electron chi connectivity index (χ0n) is 12.9. The SMILES string of the molecule is CNC(CC1CCOc2ccccc21)C1SCCSC1C. The van der Waals surface area contributed by atoms with Gasteiger partial charge in [-0.05, 0) is 37.4 Å². The predicted molar refractivity (Wildman–Crippen MR) is 94.9 cm³/mol. The number of thioether (sulfide) groups is 2. The van der Waals surface area contributed by atoms with Crippen LogP contribution in [-0.4, -0.2) is 41.7 Å². The maximum Gasteiger partial charge on any atom is 0.122 e. The van der Waals surface area contributed by atoms with Gasteiger partial charge in [-0.2, -0.15) is 23.5 Å². The molecule has 116 valence electrons. The van der Waals surface area contributed by atoms with Crippen LogP contribution in [0.3, 0.4) is 0 Å². The third kappa shape index (κ3) is 3.54. The number of benzene rings is 1. The van der Waals surface area contributed by atoms with Crippen molar-refractivity contribution in [1.29, 1.82) is 0 Å². The fourth-order valence-corrected chi connectivity index (χ4v) is 6.49. The van der Waals surface area contributed by atoms with Gasteiger partial charge in [0, 0.05) is 28.0 Å². The molecule has 0 spiro atoms. The molecular weight excluding hydrogens is 298 g/mol. The molecule has 0 amide bonds. The van der Waals surface area contributed by atoms with Crippen molar-refractivity contribution < 1.29 is 4.74 Å². The standard InChI is InChI=1S/C17H25NOS2/c1-12-17(21-10-9-20-12)15(18-2)11-13-7-8-19-16-6-4-3-5-14(13)16/h3-6,12-13,15,17-18H,7-11H2,1-2H3. The third-order valence-electron chi connectivity index (χ3n) is 4.63. The third-order valence-corrected chi connectivity index (χ3v) is 7.88. The highest BCUT2D eigenvalue weighted by atomic mass is 32.2. The van der Waals surface area contributed by atoms with Gasteiger partial charge in [0.1, 0.15) is 5.75 Å². The molecule has 1 saturated heterocycles. The highest BCUT2D eigenvalue weighted by molar-refractivity contribution is 8.07. The summed E-state index contributed by atoms with van der Waals surface area (Å²) in [7, 11) is 2.13. The average molecular weight is 324 g/mol. The monoisotopic (exact) mass is 323 g/mol. The van der Waals surface area contributed by atoms with Gasteiger partial charge in [-0.25, -0.2) is 0 Å². The predicted octanol–water partition coefficient (Wildman–Crippen LogP) is 3.77. The molecule has 2 heterocycles. The minimum atomic E-state index is 0.592. The topological polar surface area (TPSA) is 21.3 Å². The maximum absolute atomic E-state index is 5.81. The minimum absolute atomic E-state index is 0.592. The summed E-state index contributed by atoms with van der Waals surface area (Å²) in [4.78, 5) is 0. The summed E-state index contributed by atoms with van der Waals surface area (Å²) in [5.41, 5.74) is 1.41. The van der Waals surface area contributed by atoms with E-state index in [-0.39, 0.29) is 0 Å². The normalized spacial score (nSPS) is 30.3. The Morgan fingerprint density at radius 2 is 2.10 bits per heavy atom. The highest BCUT2D eigenvalue weighted by Gasteiger charge is 2.32. The van der Waals surface area contributed by atoms with Crippen molar-refractivity contribution in [3.63, 3.8) is 0 Å². The Kier molecular flexibility index (Phi) is 5.41. The molecule has 3 rings (SSSR count).